The van der Waals surface area contributed by atoms with E-state index < -0.39 is 21.2 Å². The molecule has 0 spiro atoms. The SMILES string of the molecule is C=CC(c1ccc(C(C)Br)cc1)S(=O)(=O)NCCC(=O)OCC. The predicted octanol–water partition coefficient (Wildman–Crippen LogP) is 3.24. The molecule has 128 valence electrons. The molecule has 1 aromatic carbocycles. The summed E-state index contributed by atoms with van der Waals surface area (Å²) >= 11 is 3.47. The van der Waals surface area contributed by atoms with Gasteiger partial charge in [0.05, 0.1) is 13.0 Å². The third kappa shape index (κ3) is 6.08. The molecule has 7 heteroatoms. The highest BCUT2D eigenvalue weighted by atomic mass is 79.9. The van der Waals surface area contributed by atoms with Crippen molar-refractivity contribution in [2.24, 2.45) is 0 Å². The van der Waals surface area contributed by atoms with Crippen molar-refractivity contribution < 1.29 is 17.9 Å². The Bertz CT molecular complexity index is 626. The Morgan fingerprint density at radius 2 is 1.91 bits per heavy atom. The summed E-state index contributed by atoms with van der Waals surface area (Å²) in [6.45, 7) is 7.59. The highest BCUT2D eigenvalue weighted by Gasteiger charge is 2.24. The van der Waals surface area contributed by atoms with Crippen LogP contribution in [0.15, 0.2) is 36.9 Å². The number of rotatable bonds is 9. The van der Waals surface area contributed by atoms with Crippen LogP contribution in [0.1, 0.15) is 41.5 Å². The average molecular weight is 404 g/mol. The van der Waals surface area contributed by atoms with Crippen molar-refractivity contribution in [3.8, 4) is 0 Å². The molecule has 0 saturated carbocycles. The van der Waals surface area contributed by atoms with Crippen LogP contribution in [0.4, 0.5) is 0 Å². The van der Waals surface area contributed by atoms with Gasteiger partial charge in [0.15, 0.2) is 0 Å². The van der Waals surface area contributed by atoms with Crippen LogP contribution in [0.5, 0.6) is 0 Å². The first kappa shape index (κ1) is 19.9. The summed E-state index contributed by atoms with van der Waals surface area (Å²) in [6.07, 6.45) is 1.37. The van der Waals surface area contributed by atoms with E-state index in [9.17, 15) is 13.2 Å². The molecule has 0 aliphatic carbocycles. The number of benzene rings is 1. The molecule has 0 aliphatic heterocycles. The molecule has 0 bridgehead atoms. The van der Waals surface area contributed by atoms with Crippen molar-refractivity contribution >= 4 is 31.9 Å². The third-order valence-electron chi connectivity index (χ3n) is 3.21. The first-order valence-corrected chi connectivity index (χ1v) is 9.78. The first-order valence-electron chi connectivity index (χ1n) is 7.32. The van der Waals surface area contributed by atoms with Gasteiger partial charge in [-0.1, -0.05) is 46.3 Å². The van der Waals surface area contributed by atoms with E-state index in [2.05, 4.69) is 27.2 Å². The van der Waals surface area contributed by atoms with Crippen LogP contribution in [0.3, 0.4) is 0 Å². The lowest BCUT2D eigenvalue weighted by Gasteiger charge is -2.16. The highest BCUT2D eigenvalue weighted by Crippen LogP contribution is 2.27. The van der Waals surface area contributed by atoms with E-state index in [0.29, 0.717) is 5.56 Å². The summed E-state index contributed by atoms with van der Waals surface area (Å²) in [6, 6.07) is 7.28. The number of alkyl halides is 1. The maximum atomic E-state index is 12.4. The van der Waals surface area contributed by atoms with E-state index in [1.54, 1.807) is 19.1 Å². The van der Waals surface area contributed by atoms with Crippen LogP contribution < -0.4 is 4.72 Å². The van der Waals surface area contributed by atoms with Crippen molar-refractivity contribution in [3.05, 3.63) is 48.0 Å². The van der Waals surface area contributed by atoms with Crippen LogP contribution in [0, 0.1) is 0 Å². The number of sulfonamides is 1. The molecule has 0 aromatic heterocycles. The number of carbonyl (C=O) groups excluding carboxylic acids is 1. The van der Waals surface area contributed by atoms with Crippen molar-refractivity contribution in [1.29, 1.82) is 0 Å². The fourth-order valence-electron chi connectivity index (χ4n) is 2.01. The summed E-state index contributed by atoms with van der Waals surface area (Å²) < 4.78 is 31.9. The number of ether oxygens (including phenoxy) is 1. The average Bonchev–Trinajstić information content (AvgIpc) is 2.48. The van der Waals surface area contributed by atoms with Gasteiger partial charge in [-0.05, 0) is 25.0 Å². The topological polar surface area (TPSA) is 72.5 Å². The monoisotopic (exact) mass is 403 g/mol. The fraction of sp³-hybridized carbons (Fsp3) is 0.438. The van der Waals surface area contributed by atoms with Gasteiger partial charge in [0.1, 0.15) is 5.25 Å². The minimum atomic E-state index is -3.66. The molecule has 0 heterocycles. The Morgan fingerprint density at radius 1 is 1.35 bits per heavy atom. The third-order valence-corrected chi connectivity index (χ3v) is 5.48. The van der Waals surface area contributed by atoms with Crippen molar-refractivity contribution in [2.75, 3.05) is 13.2 Å². The molecule has 1 N–H and O–H groups in total. The summed E-state index contributed by atoms with van der Waals surface area (Å²) in [5.74, 6) is -0.430. The molecule has 1 aromatic rings. The maximum Gasteiger partial charge on any atom is 0.307 e. The zero-order chi connectivity index (χ0) is 17.5. The minimum absolute atomic E-state index is 0.00201. The van der Waals surface area contributed by atoms with Crippen molar-refractivity contribution in [1.82, 2.24) is 4.72 Å². The number of nitrogens with one attached hydrogen (secondary N) is 1. The summed E-state index contributed by atoms with van der Waals surface area (Å²) in [4.78, 5) is 11.5. The smallest absolute Gasteiger partial charge is 0.307 e. The van der Waals surface area contributed by atoms with Crippen LogP contribution >= 0.6 is 15.9 Å². The van der Waals surface area contributed by atoms with Crippen LogP contribution in [-0.4, -0.2) is 27.5 Å². The van der Waals surface area contributed by atoms with Crippen LogP contribution in [0.2, 0.25) is 0 Å². The Kier molecular flexibility index (Phi) is 7.94. The molecule has 2 atom stereocenters. The van der Waals surface area contributed by atoms with E-state index >= 15 is 0 Å². The molecule has 0 aliphatic rings. The number of hydrogen-bond acceptors (Lipinski definition) is 4. The maximum absolute atomic E-state index is 12.4. The largest absolute Gasteiger partial charge is 0.466 e. The number of hydrogen-bond donors (Lipinski definition) is 1. The molecule has 5 nitrogen and oxygen atoms in total. The van der Waals surface area contributed by atoms with E-state index in [1.807, 2.05) is 19.1 Å². The van der Waals surface area contributed by atoms with Gasteiger partial charge in [-0.3, -0.25) is 4.79 Å². The van der Waals surface area contributed by atoms with Crippen LogP contribution in [0.25, 0.3) is 0 Å². The van der Waals surface area contributed by atoms with Gasteiger partial charge in [-0.2, -0.15) is 0 Å². The normalized spacial score (nSPS) is 14.0. The van der Waals surface area contributed by atoms with Gasteiger partial charge in [0, 0.05) is 11.4 Å². The zero-order valence-electron chi connectivity index (χ0n) is 13.3. The van der Waals surface area contributed by atoms with E-state index in [4.69, 9.17) is 4.74 Å². The molecular weight excluding hydrogens is 382 g/mol. The first-order chi connectivity index (χ1) is 10.8. The summed E-state index contributed by atoms with van der Waals surface area (Å²) in [5.41, 5.74) is 1.68. The Hall–Kier alpha value is -1.18. The quantitative estimate of drug-likeness (QED) is 0.390. The Morgan fingerprint density at radius 3 is 2.39 bits per heavy atom. The number of esters is 1. The standard InChI is InChI=1S/C16H22BrNO4S/c1-4-15(14-8-6-13(7-9-14)12(3)17)23(20,21)18-11-10-16(19)22-5-2/h4,6-9,12,15,18H,1,5,10-11H2,2-3H3. The van der Waals surface area contributed by atoms with E-state index in [1.165, 1.54) is 6.08 Å². The number of carbonyl (C=O) groups is 1. The summed E-state index contributed by atoms with van der Waals surface area (Å²) in [5, 5.41) is -0.871. The minimum Gasteiger partial charge on any atom is -0.466 e. The van der Waals surface area contributed by atoms with Gasteiger partial charge in [-0.25, -0.2) is 13.1 Å². The lowest BCUT2D eigenvalue weighted by molar-refractivity contribution is -0.142. The highest BCUT2D eigenvalue weighted by molar-refractivity contribution is 9.09. The van der Waals surface area contributed by atoms with E-state index in [0.717, 1.165) is 5.56 Å². The zero-order valence-corrected chi connectivity index (χ0v) is 15.7. The molecule has 0 amide bonds. The molecule has 0 saturated heterocycles. The molecule has 1 rings (SSSR count). The summed E-state index contributed by atoms with van der Waals surface area (Å²) in [7, 11) is -3.66. The van der Waals surface area contributed by atoms with Crippen molar-refractivity contribution in [2.45, 2.75) is 30.3 Å². The predicted molar refractivity (Wildman–Crippen MR) is 94.9 cm³/mol. The Balaban J connectivity index is 2.78. The second-order valence-corrected chi connectivity index (χ2v) is 8.19. The molecular formula is C16H22BrNO4S. The lowest BCUT2D eigenvalue weighted by atomic mass is 10.1. The Labute approximate surface area is 146 Å². The van der Waals surface area contributed by atoms with Gasteiger partial charge in [0.25, 0.3) is 0 Å². The molecule has 23 heavy (non-hydrogen) atoms. The van der Waals surface area contributed by atoms with Gasteiger partial charge in [0.2, 0.25) is 10.0 Å². The molecule has 0 radical (unpaired) electrons. The number of halogens is 1. The van der Waals surface area contributed by atoms with Gasteiger partial charge < -0.3 is 4.74 Å². The van der Waals surface area contributed by atoms with E-state index in [-0.39, 0.29) is 24.4 Å². The van der Waals surface area contributed by atoms with Crippen LogP contribution in [-0.2, 0) is 19.6 Å². The lowest BCUT2D eigenvalue weighted by Crippen LogP contribution is -2.30. The van der Waals surface area contributed by atoms with Crippen molar-refractivity contribution in [3.63, 3.8) is 0 Å². The molecule has 2 unspecified atom stereocenters. The van der Waals surface area contributed by atoms with Gasteiger partial charge >= 0.3 is 5.97 Å². The van der Waals surface area contributed by atoms with Gasteiger partial charge in [-0.15, -0.1) is 6.58 Å². The molecule has 0 fully saturated rings. The second-order valence-electron chi connectivity index (χ2n) is 4.93. The fourth-order valence-corrected chi connectivity index (χ4v) is 3.65. The second kappa shape index (κ2) is 9.20.